The third-order valence-electron chi connectivity index (χ3n) is 1.96. The molecule has 1 unspecified atom stereocenters. The lowest BCUT2D eigenvalue weighted by Gasteiger charge is -2.14. The molecule has 0 saturated heterocycles. The quantitative estimate of drug-likeness (QED) is 0.455. The number of ether oxygens (including phenoxy) is 1. The molecule has 1 aromatic heterocycles. The summed E-state index contributed by atoms with van der Waals surface area (Å²) in [6.07, 6.45) is -1.93. The Morgan fingerprint density at radius 1 is 1.56 bits per heavy atom. The SMILES string of the molecule is NNC(CCOCC(F)F)c1sccc1Cl. The van der Waals surface area contributed by atoms with E-state index in [9.17, 15) is 8.78 Å². The van der Waals surface area contributed by atoms with E-state index in [-0.39, 0.29) is 12.6 Å². The number of hydrogen-bond donors (Lipinski definition) is 2. The Bertz CT molecular complexity index is 311. The lowest BCUT2D eigenvalue weighted by molar-refractivity contribution is 0.0144. The molecule has 1 atom stereocenters. The summed E-state index contributed by atoms with van der Waals surface area (Å²) in [5, 5.41) is 2.48. The second-order valence-corrected chi connectivity index (χ2v) is 4.46. The largest absolute Gasteiger partial charge is 0.375 e. The average Bonchev–Trinajstić information content (AvgIpc) is 2.65. The molecule has 0 aliphatic carbocycles. The predicted octanol–water partition coefficient (Wildman–Crippen LogP) is 2.58. The lowest BCUT2D eigenvalue weighted by atomic mass is 10.2. The highest BCUT2D eigenvalue weighted by atomic mass is 35.5. The van der Waals surface area contributed by atoms with Gasteiger partial charge in [0.15, 0.2) is 0 Å². The summed E-state index contributed by atoms with van der Waals surface area (Å²) < 4.78 is 28.4. The fraction of sp³-hybridized carbons (Fsp3) is 0.556. The highest BCUT2D eigenvalue weighted by Crippen LogP contribution is 2.29. The van der Waals surface area contributed by atoms with Crippen LogP contribution in [0.25, 0.3) is 0 Å². The Balaban J connectivity index is 2.36. The highest BCUT2D eigenvalue weighted by molar-refractivity contribution is 7.10. The zero-order valence-electron chi connectivity index (χ0n) is 8.46. The Hall–Kier alpha value is -0.270. The van der Waals surface area contributed by atoms with Crippen LogP contribution in [0.1, 0.15) is 17.3 Å². The van der Waals surface area contributed by atoms with E-state index in [1.54, 1.807) is 6.07 Å². The molecule has 7 heteroatoms. The van der Waals surface area contributed by atoms with Gasteiger partial charge < -0.3 is 4.74 Å². The number of thiophene rings is 1. The molecule has 0 fully saturated rings. The molecule has 0 aliphatic heterocycles. The standard InChI is InChI=1S/C9H13ClF2N2OS/c10-6-2-4-16-9(6)7(14-13)1-3-15-5-8(11)12/h2,4,7-8,14H,1,3,5,13H2. The van der Waals surface area contributed by atoms with Gasteiger partial charge in [0.2, 0.25) is 0 Å². The van der Waals surface area contributed by atoms with E-state index in [0.29, 0.717) is 11.4 Å². The number of nitrogens with one attached hydrogen (secondary N) is 1. The summed E-state index contributed by atoms with van der Waals surface area (Å²) in [6.45, 7) is -0.330. The molecular formula is C9H13ClF2N2OS. The van der Waals surface area contributed by atoms with Crippen LogP contribution in [0.15, 0.2) is 11.4 Å². The topological polar surface area (TPSA) is 47.3 Å². The van der Waals surface area contributed by atoms with Crippen molar-refractivity contribution in [1.29, 1.82) is 0 Å². The first-order chi connectivity index (χ1) is 7.65. The zero-order valence-corrected chi connectivity index (χ0v) is 10.0. The Labute approximate surface area is 102 Å². The van der Waals surface area contributed by atoms with Crippen molar-refractivity contribution in [3.05, 3.63) is 21.3 Å². The minimum Gasteiger partial charge on any atom is -0.375 e. The Morgan fingerprint density at radius 2 is 2.31 bits per heavy atom. The van der Waals surface area contributed by atoms with E-state index >= 15 is 0 Å². The lowest BCUT2D eigenvalue weighted by Crippen LogP contribution is -2.28. The van der Waals surface area contributed by atoms with Crippen molar-refractivity contribution in [1.82, 2.24) is 5.43 Å². The maximum absolute atomic E-state index is 11.8. The molecule has 0 bridgehead atoms. The number of nitrogens with two attached hydrogens (primary N) is 1. The first kappa shape index (κ1) is 13.8. The molecule has 0 amide bonds. The van der Waals surface area contributed by atoms with E-state index in [1.807, 2.05) is 5.38 Å². The second kappa shape index (κ2) is 7.13. The van der Waals surface area contributed by atoms with Crippen LogP contribution in [0.4, 0.5) is 8.78 Å². The fourth-order valence-corrected chi connectivity index (χ4v) is 2.50. The molecule has 1 heterocycles. The van der Waals surface area contributed by atoms with Gasteiger partial charge in [0.25, 0.3) is 6.43 Å². The Morgan fingerprint density at radius 3 is 2.81 bits per heavy atom. The van der Waals surface area contributed by atoms with Crippen LogP contribution in [-0.2, 0) is 4.74 Å². The molecule has 16 heavy (non-hydrogen) atoms. The smallest absolute Gasteiger partial charge is 0.261 e. The second-order valence-electron chi connectivity index (χ2n) is 3.11. The van der Waals surface area contributed by atoms with Crippen LogP contribution in [-0.4, -0.2) is 19.6 Å². The maximum Gasteiger partial charge on any atom is 0.261 e. The molecule has 0 aromatic carbocycles. The van der Waals surface area contributed by atoms with E-state index in [0.717, 1.165) is 4.88 Å². The van der Waals surface area contributed by atoms with Crippen molar-refractivity contribution in [3.63, 3.8) is 0 Å². The van der Waals surface area contributed by atoms with Gasteiger partial charge in [0, 0.05) is 11.5 Å². The van der Waals surface area contributed by atoms with E-state index < -0.39 is 13.0 Å². The number of rotatable bonds is 7. The fourth-order valence-electron chi connectivity index (χ4n) is 1.22. The zero-order chi connectivity index (χ0) is 12.0. The van der Waals surface area contributed by atoms with Crippen LogP contribution in [0.3, 0.4) is 0 Å². The molecule has 1 rings (SSSR count). The van der Waals surface area contributed by atoms with Crippen molar-refractivity contribution in [2.24, 2.45) is 5.84 Å². The summed E-state index contributed by atoms with van der Waals surface area (Å²) in [5.41, 5.74) is 2.59. The molecule has 1 aromatic rings. The molecular weight excluding hydrogens is 258 g/mol. The molecule has 3 nitrogen and oxygen atoms in total. The van der Waals surface area contributed by atoms with Gasteiger partial charge in [-0.2, -0.15) is 0 Å². The first-order valence-corrected chi connectivity index (χ1v) is 5.95. The average molecular weight is 271 g/mol. The van der Waals surface area contributed by atoms with Crippen LogP contribution < -0.4 is 11.3 Å². The summed E-state index contributed by atoms with van der Waals surface area (Å²) in [6, 6.07) is 1.61. The summed E-state index contributed by atoms with van der Waals surface area (Å²) in [4.78, 5) is 0.893. The Kier molecular flexibility index (Phi) is 6.15. The van der Waals surface area contributed by atoms with Gasteiger partial charge >= 0.3 is 0 Å². The van der Waals surface area contributed by atoms with Gasteiger partial charge in [-0.25, -0.2) is 8.78 Å². The third-order valence-corrected chi connectivity index (χ3v) is 3.43. The molecule has 0 radical (unpaired) electrons. The summed E-state index contributed by atoms with van der Waals surface area (Å²) in [5.74, 6) is 5.37. The van der Waals surface area contributed by atoms with Crippen molar-refractivity contribution in [2.75, 3.05) is 13.2 Å². The number of hydrazine groups is 1. The predicted molar refractivity (Wildman–Crippen MR) is 60.8 cm³/mol. The van der Waals surface area contributed by atoms with Gasteiger partial charge in [0.1, 0.15) is 6.61 Å². The van der Waals surface area contributed by atoms with Gasteiger partial charge in [-0.3, -0.25) is 11.3 Å². The van der Waals surface area contributed by atoms with Crippen molar-refractivity contribution in [2.45, 2.75) is 18.9 Å². The number of halogens is 3. The summed E-state index contributed by atoms with van der Waals surface area (Å²) >= 11 is 7.40. The van der Waals surface area contributed by atoms with Crippen LogP contribution in [0.5, 0.6) is 0 Å². The number of hydrogen-bond acceptors (Lipinski definition) is 4. The van der Waals surface area contributed by atoms with Crippen molar-refractivity contribution < 1.29 is 13.5 Å². The highest BCUT2D eigenvalue weighted by Gasteiger charge is 2.14. The van der Waals surface area contributed by atoms with Crippen molar-refractivity contribution >= 4 is 22.9 Å². The van der Waals surface area contributed by atoms with E-state index in [4.69, 9.17) is 22.2 Å². The van der Waals surface area contributed by atoms with Gasteiger partial charge in [-0.05, 0) is 17.9 Å². The van der Waals surface area contributed by atoms with Crippen LogP contribution in [0, 0.1) is 0 Å². The maximum atomic E-state index is 11.8. The molecule has 0 aliphatic rings. The molecule has 92 valence electrons. The van der Waals surface area contributed by atoms with E-state index in [2.05, 4.69) is 5.43 Å². The van der Waals surface area contributed by atoms with Gasteiger partial charge in [-0.1, -0.05) is 11.6 Å². The monoisotopic (exact) mass is 270 g/mol. The van der Waals surface area contributed by atoms with Gasteiger partial charge in [-0.15, -0.1) is 11.3 Å². The number of alkyl halides is 2. The minimum absolute atomic E-state index is 0.162. The van der Waals surface area contributed by atoms with Crippen LogP contribution in [0.2, 0.25) is 5.02 Å². The summed E-state index contributed by atoms with van der Waals surface area (Å²) in [7, 11) is 0. The molecule has 0 spiro atoms. The van der Waals surface area contributed by atoms with Crippen LogP contribution >= 0.6 is 22.9 Å². The van der Waals surface area contributed by atoms with Gasteiger partial charge in [0.05, 0.1) is 11.1 Å². The van der Waals surface area contributed by atoms with E-state index in [1.165, 1.54) is 11.3 Å². The minimum atomic E-state index is -2.44. The molecule has 0 saturated carbocycles. The van der Waals surface area contributed by atoms with Crippen molar-refractivity contribution in [3.8, 4) is 0 Å². The normalized spacial score (nSPS) is 13.3. The molecule has 3 N–H and O–H groups in total. The first-order valence-electron chi connectivity index (χ1n) is 4.70. The third kappa shape index (κ3) is 4.31.